The number of para-hydroxylation sites is 1. The molecule has 0 radical (unpaired) electrons. The molecular weight excluding hydrogens is 345 g/mol. The number of piperazine rings is 1. The van der Waals surface area contributed by atoms with E-state index in [0.29, 0.717) is 31.7 Å². The molecule has 4 rings (SSSR count). The molecule has 3 heterocycles. The van der Waals surface area contributed by atoms with Gasteiger partial charge in [-0.25, -0.2) is 9.37 Å². The third-order valence-corrected chi connectivity index (χ3v) is 4.88. The smallest absolute Gasteiger partial charge is 0.256 e. The molecule has 3 aromatic rings. The van der Waals surface area contributed by atoms with Crippen LogP contribution in [-0.2, 0) is 0 Å². The molecule has 6 nitrogen and oxygen atoms in total. The first-order valence-corrected chi connectivity index (χ1v) is 9.13. The molecule has 0 bridgehead atoms. The van der Waals surface area contributed by atoms with Crippen molar-refractivity contribution in [2.75, 3.05) is 49.6 Å². The molecule has 2 N–H and O–H groups in total. The average molecular weight is 367 g/mol. The Bertz CT molecular complexity index is 933. The lowest BCUT2D eigenvalue weighted by atomic mass is 10.1. The highest BCUT2D eigenvalue weighted by Crippen LogP contribution is 2.25. The zero-order valence-electron chi connectivity index (χ0n) is 15.0. The number of anilines is 2. The van der Waals surface area contributed by atoms with Crippen LogP contribution in [0, 0.1) is 0 Å². The maximum atomic E-state index is 12.9. The van der Waals surface area contributed by atoms with Crippen LogP contribution in [0.1, 0.15) is 10.4 Å². The number of carbonyl (C=O) groups is 1. The van der Waals surface area contributed by atoms with Gasteiger partial charge in [-0.2, -0.15) is 0 Å². The number of H-pyrrole nitrogens is 1. The van der Waals surface area contributed by atoms with E-state index in [4.69, 9.17) is 0 Å². The van der Waals surface area contributed by atoms with E-state index in [9.17, 15) is 9.18 Å². The molecule has 140 valence electrons. The Labute approximate surface area is 157 Å². The Morgan fingerprint density at radius 2 is 1.96 bits per heavy atom. The minimum absolute atomic E-state index is 0.0453. The van der Waals surface area contributed by atoms with Crippen LogP contribution in [0.4, 0.5) is 15.9 Å². The summed E-state index contributed by atoms with van der Waals surface area (Å²) in [6.07, 6.45) is 3.52. The highest BCUT2D eigenvalue weighted by atomic mass is 19.1. The van der Waals surface area contributed by atoms with Crippen LogP contribution >= 0.6 is 0 Å². The van der Waals surface area contributed by atoms with Crippen molar-refractivity contribution in [3.63, 3.8) is 0 Å². The summed E-state index contributed by atoms with van der Waals surface area (Å²) in [7, 11) is 0. The van der Waals surface area contributed by atoms with Gasteiger partial charge < -0.3 is 20.1 Å². The van der Waals surface area contributed by atoms with E-state index < -0.39 is 6.67 Å². The van der Waals surface area contributed by atoms with Gasteiger partial charge >= 0.3 is 0 Å². The Morgan fingerprint density at radius 3 is 2.78 bits per heavy atom. The highest BCUT2D eigenvalue weighted by Gasteiger charge is 2.25. The number of hydrogen-bond acceptors (Lipinski definition) is 4. The molecule has 1 fully saturated rings. The minimum atomic E-state index is -0.429. The fourth-order valence-corrected chi connectivity index (χ4v) is 3.51. The van der Waals surface area contributed by atoms with E-state index in [1.165, 1.54) is 0 Å². The Kier molecular flexibility index (Phi) is 4.91. The molecule has 0 spiro atoms. The second-order valence-electron chi connectivity index (χ2n) is 6.52. The van der Waals surface area contributed by atoms with Gasteiger partial charge in [-0.15, -0.1) is 0 Å². The van der Waals surface area contributed by atoms with Crippen LogP contribution in [0.15, 0.2) is 48.8 Å². The fraction of sp³-hybridized carbons (Fsp3) is 0.300. The van der Waals surface area contributed by atoms with E-state index in [2.05, 4.69) is 20.2 Å². The molecular formula is C20H22FN5O. The summed E-state index contributed by atoms with van der Waals surface area (Å²) in [5, 5.41) is 4.02. The van der Waals surface area contributed by atoms with Crippen molar-refractivity contribution in [1.82, 2.24) is 14.9 Å². The lowest BCUT2D eigenvalue weighted by molar-refractivity contribution is 0.0748. The lowest BCUT2D eigenvalue weighted by Crippen LogP contribution is -2.49. The van der Waals surface area contributed by atoms with Crippen molar-refractivity contribution in [2.24, 2.45) is 0 Å². The number of fused-ring (bicyclic) bond motifs is 1. The summed E-state index contributed by atoms with van der Waals surface area (Å²) in [4.78, 5) is 24.6. The maximum absolute atomic E-state index is 12.9. The summed E-state index contributed by atoms with van der Waals surface area (Å²) in [5.74, 6) is 0.856. The first-order valence-electron chi connectivity index (χ1n) is 9.13. The number of hydrogen-bond donors (Lipinski definition) is 2. The zero-order valence-corrected chi connectivity index (χ0v) is 15.0. The monoisotopic (exact) mass is 367 g/mol. The minimum Gasteiger partial charge on any atom is -0.379 e. The van der Waals surface area contributed by atoms with E-state index >= 15 is 0 Å². The number of nitrogens with zero attached hydrogens (tertiary/aromatic N) is 3. The zero-order chi connectivity index (χ0) is 18.6. The second kappa shape index (κ2) is 7.65. The van der Waals surface area contributed by atoms with Crippen molar-refractivity contribution in [2.45, 2.75) is 0 Å². The number of halogens is 1. The van der Waals surface area contributed by atoms with Crippen LogP contribution < -0.4 is 10.2 Å². The summed E-state index contributed by atoms with van der Waals surface area (Å²) in [5.41, 5.74) is 2.50. The Hall–Kier alpha value is -3.09. The Morgan fingerprint density at radius 1 is 1.15 bits per heavy atom. The van der Waals surface area contributed by atoms with Gasteiger partial charge in [-0.05, 0) is 18.2 Å². The van der Waals surface area contributed by atoms with Gasteiger partial charge in [0.25, 0.3) is 5.91 Å². The maximum Gasteiger partial charge on any atom is 0.256 e. The summed E-state index contributed by atoms with van der Waals surface area (Å²) >= 11 is 0. The molecule has 0 saturated carbocycles. The number of carbonyl (C=O) groups excluding carboxylic acids is 1. The largest absolute Gasteiger partial charge is 0.379 e. The number of alkyl halides is 1. The van der Waals surface area contributed by atoms with Crippen LogP contribution in [-0.4, -0.2) is 60.2 Å². The number of pyridine rings is 1. The van der Waals surface area contributed by atoms with Crippen LogP contribution in [0.25, 0.3) is 10.9 Å². The van der Waals surface area contributed by atoms with Gasteiger partial charge in [0, 0.05) is 56.0 Å². The molecule has 0 atom stereocenters. The van der Waals surface area contributed by atoms with E-state index in [1.54, 1.807) is 12.4 Å². The summed E-state index contributed by atoms with van der Waals surface area (Å²) in [6, 6.07) is 11.6. The molecule has 27 heavy (non-hydrogen) atoms. The molecule has 1 saturated heterocycles. The quantitative estimate of drug-likeness (QED) is 0.728. The molecule has 7 heteroatoms. The average Bonchev–Trinajstić information content (AvgIpc) is 3.16. The SMILES string of the molecule is O=C(c1c[nH]c2ccccc12)N1CCN(c2ncccc2NCCF)CC1. The van der Waals surface area contributed by atoms with Crippen LogP contribution in [0.2, 0.25) is 0 Å². The molecule has 1 aromatic carbocycles. The van der Waals surface area contributed by atoms with Crippen molar-refractivity contribution in [3.05, 3.63) is 54.4 Å². The molecule has 0 unspecified atom stereocenters. The lowest BCUT2D eigenvalue weighted by Gasteiger charge is -2.36. The van der Waals surface area contributed by atoms with Crippen LogP contribution in [0.5, 0.6) is 0 Å². The number of aromatic amines is 1. The second-order valence-corrected chi connectivity index (χ2v) is 6.52. The Balaban J connectivity index is 1.46. The topological polar surface area (TPSA) is 64.3 Å². The number of rotatable bonds is 5. The first kappa shape index (κ1) is 17.3. The van der Waals surface area contributed by atoms with Gasteiger partial charge in [0.05, 0.1) is 11.3 Å². The van der Waals surface area contributed by atoms with Gasteiger partial charge in [-0.3, -0.25) is 4.79 Å². The van der Waals surface area contributed by atoms with Crippen molar-refractivity contribution >= 4 is 28.3 Å². The normalized spacial score (nSPS) is 14.6. The standard InChI is InChI=1S/C20H22FN5O/c21-7-9-22-18-6-3-8-23-19(18)25-10-12-26(13-11-25)20(27)16-14-24-17-5-2-1-4-15(16)17/h1-6,8,14,22,24H,7,9-13H2. The number of benzene rings is 1. The van der Waals surface area contributed by atoms with Gasteiger partial charge in [0.2, 0.25) is 0 Å². The van der Waals surface area contributed by atoms with E-state index in [0.717, 1.165) is 22.4 Å². The molecule has 1 aliphatic heterocycles. The van der Waals surface area contributed by atoms with Gasteiger partial charge in [0.1, 0.15) is 6.67 Å². The predicted molar refractivity (Wildman–Crippen MR) is 105 cm³/mol. The predicted octanol–water partition coefficient (Wildman–Crippen LogP) is 2.91. The number of aromatic nitrogens is 2. The molecule has 1 amide bonds. The third-order valence-electron chi connectivity index (χ3n) is 4.88. The van der Waals surface area contributed by atoms with E-state index in [-0.39, 0.29) is 12.5 Å². The van der Waals surface area contributed by atoms with Crippen molar-refractivity contribution < 1.29 is 9.18 Å². The van der Waals surface area contributed by atoms with Gasteiger partial charge in [-0.1, -0.05) is 18.2 Å². The van der Waals surface area contributed by atoms with E-state index in [1.807, 2.05) is 41.3 Å². The molecule has 2 aromatic heterocycles. The van der Waals surface area contributed by atoms with Crippen LogP contribution in [0.3, 0.4) is 0 Å². The number of amides is 1. The van der Waals surface area contributed by atoms with Crippen molar-refractivity contribution in [1.29, 1.82) is 0 Å². The fourth-order valence-electron chi connectivity index (χ4n) is 3.51. The summed E-state index contributed by atoms with van der Waals surface area (Å²) < 4.78 is 12.5. The third kappa shape index (κ3) is 3.45. The van der Waals surface area contributed by atoms with Gasteiger partial charge in [0.15, 0.2) is 5.82 Å². The first-order chi connectivity index (χ1) is 13.3. The van der Waals surface area contributed by atoms with Crippen molar-refractivity contribution in [3.8, 4) is 0 Å². The summed E-state index contributed by atoms with van der Waals surface area (Å²) in [6.45, 7) is 2.46. The highest BCUT2D eigenvalue weighted by molar-refractivity contribution is 6.06. The molecule has 1 aliphatic rings. The molecule has 0 aliphatic carbocycles. The number of nitrogens with one attached hydrogen (secondary N) is 2.